The summed E-state index contributed by atoms with van der Waals surface area (Å²) in [5.74, 6) is -2.73. The third kappa shape index (κ3) is 19.5. The summed E-state index contributed by atoms with van der Waals surface area (Å²) in [6, 6.07) is -0.420. The van der Waals surface area contributed by atoms with Crippen LogP contribution >= 0.6 is 0 Å². The minimum atomic E-state index is -4.86. The van der Waals surface area contributed by atoms with Gasteiger partial charge >= 0.3 is 10.4 Å². The maximum atomic E-state index is 13.8. The molecule has 3 aliphatic heterocycles. The third-order valence-electron chi connectivity index (χ3n) is 12.4. The van der Waals surface area contributed by atoms with Crippen LogP contribution < -0.4 is 26.0 Å². The number of carbonyl (C=O) groups excluding carboxylic acids is 4. The average Bonchev–Trinajstić information content (AvgIpc) is 3.36. The first-order valence-electron chi connectivity index (χ1n) is 24.9. The first-order chi connectivity index (χ1) is 36.0. The summed E-state index contributed by atoms with van der Waals surface area (Å²) in [5.41, 5.74) is 0.0796. The SMILES string of the molecule is CCCCCCCCCOc1cccc(C(=O)NC2[C@H](O[C@H]3C(O)C(NC(C)=O)[C@H](O[C@@H]4C(CO)O[C@@H](OCC(O)C(NC(C)=O)[C@H](O)OCCOS(=O)(=O)O)C(NC(C)=O)[C@H]4O)O[C@H]3CO)OC(CO)[C@@H](O)[C@@H]2O)c1. The Bertz CT molecular complexity index is 2060. The number of ether oxygens (including phenoxy) is 8. The first-order valence-corrected chi connectivity index (χ1v) is 26.3. The number of carbonyl (C=O) groups is 4. The summed E-state index contributed by atoms with van der Waals surface area (Å²) >= 11 is 0. The fourth-order valence-electron chi connectivity index (χ4n) is 8.68. The van der Waals surface area contributed by atoms with Crippen molar-refractivity contribution in [1.29, 1.82) is 0 Å². The van der Waals surface area contributed by atoms with Gasteiger partial charge in [-0.1, -0.05) is 51.5 Å². The molecule has 4 amide bonds. The van der Waals surface area contributed by atoms with Crippen LogP contribution in [-0.4, -0.2) is 239 Å². The molecule has 0 aromatic heterocycles. The zero-order valence-electron chi connectivity index (χ0n) is 42.6. The summed E-state index contributed by atoms with van der Waals surface area (Å²) in [4.78, 5) is 50.8. The van der Waals surface area contributed by atoms with Crippen LogP contribution in [0.25, 0.3) is 0 Å². The van der Waals surface area contributed by atoms with Gasteiger partial charge in [-0.25, -0.2) is 4.18 Å². The van der Waals surface area contributed by atoms with Crippen LogP contribution in [0.5, 0.6) is 5.75 Å². The molecular weight excluding hydrogens is 1040 g/mol. The van der Waals surface area contributed by atoms with Crippen molar-refractivity contribution in [1.82, 2.24) is 21.3 Å². The molecule has 3 aliphatic rings. The molecule has 76 heavy (non-hydrogen) atoms. The maximum absolute atomic E-state index is 13.8. The Morgan fingerprint density at radius 3 is 1.72 bits per heavy atom. The van der Waals surface area contributed by atoms with Crippen LogP contribution in [0, 0.1) is 0 Å². The van der Waals surface area contributed by atoms with Crippen LogP contribution in [0.15, 0.2) is 24.3 Å². The van der Waals surface area contributed by atoms with Gasteiger partial charge in [0.05, 0.1) is 46.2 Å². The lowest BCUT2D eigenvalue weighted by Gasteiger charge is -2.50. The molecule has 29 nitrogen and oxygen atoms in total. The van der Waals surface area contributed by atoms with E-state index in [9.17, 15) is 73.6 Å². The van der Waals surface area contributed by atoms with Gasteiger partial charge in [0.15, 0.2) is 25.2 Å². The summed E-state index contributed by atoms with van der Waals surface area (Å²) in [6.07, 6.45) is -17.6. The minimum Gasteiger partial charge on any atom is -0.494 e. The van der Waals surface area contributed by atoms with Gasteiger partial charge in [-0.3, -0.25) is 23.7 Å². The molecule has 3 fully saturated rings. The van der Waals surface area contributed by atoms with E-state index in [1.165, 1.54) is 25.0 Å². The molecule has 18 atom stereocenters. The molecule has 0 spiro atoms. The second kappa shape index (κ2) is 31.7. The zero-order chi connectivity index (χ0) is 56.3. The number of hydrogen-bond donors (Lipinski definition) is 14. The third-order valence-corrected chi connectivity index (χ3v) is 12.9. The van der Waals surface area contributed by atoms with E-state index in [1.807, 2.05) is 0 Å². The lowest BCUT2D eigenvalue weighted by atomic mass is 9.93. The predicted molar refractivity (Wildman–Crippen MR) is 256 cm³/mol. The molecule has 8 unspecified atom stereocenters. The van der Waals surface area contributed by atoms with Gasteiger partial charge in [-0.2, -0.15) is 8.42 Å². The van der Waals surface area contributed by atoms with Crippen molar-refractivity contribution < 1.29 is 120 Å². The molecule has 4 rings (SSSR count). The van der Waals surface area contributed by atoms with Crippen molar-refractivity contribution in [2.45, 2.75) is 183 Å². The zero-order valence-corrected chi connectivity index (χ0v) is 43.4. The summed E-state index contributed by atoms with van der Waals surface area (Å²) in [7, 11) is -4.86. The highest BCUT2D eigenvalue weighted by atomic mass is 32.3. The average molecular weight is 1120 g/mol. The molecule has 436 valence electrons. The summed E-state index contributed by atoms with van der Waals surface area (Å²) < 4.78 is 81.0. The highest BCUT2D eigenvalue weighted by Gasteiger charge is 2.55. The molecule has 1 aromatic rings. The molecule has 30 heteroatoms. The van der Waals surface area contributed by atoms with E-state index in [-0.39, 0.29) is 5.56 Å². The van der Waals surface area contributed by atoms with E-state index in [0.29, 0.717) is 12.4 Å². The fourth-order valence-corrected chi connectivity index (χ4v) is 8.96. The van der Waals surface area contributed by atoms with Crippen molar-refractivity contribution in [3.05, 3.63) is 29.8 Å². The lowest BCUT2D eigenvalue weighted by molar-refractivity contribution is -0.353. The smallest absolute Gasteiger partial charge is 0.397 e. The van der Waals surface area contributed by atoms with Crippen molar-refractivity contribution in [3.63, 3.8) is 0 Å². The van der Waals surface area contributed by atoms with Crippen LogP contribution in [0.1, 0.15) is 83.0 Å². The Morgan fingerprint density at radius 1 is 0.658 bits per heavy atom. The highest BCUT2D eigenvalue weighted by Crippen LogP contribution is 2.33. The topological polar surface area (TPSA) is 436 Å². The monoisotopic (exact) mass is 1120 g/mol. The quantitative estimate of drug-likeness (QED) is 0.0189. The molecule has 14 N–H and O–H groups in total. The molecular formula is C46H76N4O25S. The Kier molecular flexibility index (Phi) is 26.9. The van der Waals surface area contributed by atoms with Gasteiger partial charge in [0.1, 0.15) is 91.0 Å². The van der Waals surface area contributed by atoms with Crippen LogP contribution in [-0.2, 0) is 62.1 Å². The van der Waals surface area contributed by atoms with E-state index in [0.717, 1.165) is 52.9 Å². The number of unbranched alkanes of at least 4 members (excludes halogenated alkanes) is 6. The first kappa shape index (κ1) is 64.7. The standard InChI is InChI=1S/C46H76N4O25S/c1-5-6-7-8-9-10-11-15-67-27-14-12-13-26(18-27)42(62)50-33-37(59)36(58)29(19-51)71-45(33)74-41-31(21-53)73-46(35(39(41)61)49-25(4)56)75-40-30(20-52)72-44(34(38(40)60)48-24(3)55)69-22-28(57)32(47-23(2)54)43(63)68-16-17-70-76(64,65)66/h12-14,18,28-41,43-46,51-53,57-61,63H,5-11,15-17,19-22H2,1-4H3,(H,47,54)(H,48,55)(H,49,56)(H,50,62)(H,64,65,66)/t28?,29?,30?,31-,32?,33?,34?,35?,36+,37+,38+,39?,40+,41+,43+,44+,45-,46-/m0/s1. The van der Waals surface area contributed by atoms with E-state index in [4.69, 9.17) is 42.4 Å². The van der Waals surface area contributed by atoms with Crippen LogP contribution in [0.4, 0.5) is 0 Å². The Morgan fingerprint density at radius 2 is 1.18 bits per heavy atom. The maximum Gasteiger partial charge on any atom is 0.397 e. The van der Waals surface area contributed by atoms with Gasteiger partial charge in [-0.05, 0) is 24.6 Å². The molecule has 0 saturated carbocycles. The van der Waals surface area contributed by atoms with Crippen molar-refractivity contribution in [2.24, 2.45) is 0 Å². The van der Waals surface area contributed by atoms with Gasteiger partial charge in [0.2, 0.25) is 17.7 Å². The highest BCUT2D eigenvalue weighted by molar-refractivity contribution is 7.80. The normalized spacial score (nSPS) is 31.1. The number of hydrogen-bond acceptors (Lipinski definition) is 24. The van der Waals surface area contributed by atoms with Gasteiger partial charge in [-0.15, -0.1) is 0 Å². The van der Waals surface area contributed by atoms with Crippen LogP contribution in [0.2, 0.25) is 0 Å². The lowest BCUT2D eigenvalue weighted by Crippen LogP contribution is -2.71. The molecule has 0 aliphatic carbocycles. The van der Waals surface area contributed by atoms with Crippen LogP contribution in [0.3, 0.4) is 0 Å². The molecule has 3 saturated heterocycles. The van der Waals surface area contributed by atoms with Crippen molar-refractivity contribution in [2.75, 3.05) is 46.2 Å². The Balaban J connectivity index is 1.51. The van der Waals surface area contributed by atoms with Gasteiger partial charge in [0.25, 0.3) is 5.91 Å². The largest absolute Gasteiger partial charge is 0.494 e. The number of aliphatic hydroxyl groups excluding tert-OH is 9. The Hall–Kier alpha value is -3.87. The van der Waals surface area contributed by atoms with E-state index in [2.05, 4.69) is 32.4 Å². The molecule has 1 aromatic carbocycles. The van der Waals surface area contributed by atoms with Gasteiger partial charge < -0.3 is 105 Å². The van der Waals surface area contributed by atoms with E-state index < -0.39 is 184 Å². The molecule has 0 bridgehead atoms. The molecule has 0 radical (unpaired) electrons. The summed E-state index contributed by atoms with van der Waals surface area (Å²) in [6.45, 7) is 0.635. The van der Waals surface area contributed by atoms with Crippen molar-refractivity contribution in [3.8, 4) is 5.75 Å². The minimum absolute atomic E-state index is 0.0796. The van der Waals surface area contributed by atoms with E-state index >= 15 is 0 Å². The Labute approximate surface area is 439 Å². The second-order valence-corrected chi connectivity index (χ2v) is 19.5. The number of amides is 4. The number of nitrogens with one attached hydrogen (secondary N) is 4. The fraction of sp³-hybridized carbons (Fsp3) is 0.783. The molecule has 3 heterocycles. The predicted octanol–water partition coefficient (Wildman–Crippen LogP) is -4.67. The number of rotatable bonds is 31. The van der Waals surface area contributed by atoms with Crippen molar-refractivity contribution >= 4 is 34.0 Å². The number of benzene rings is 1. The van der Waals surface area contributed by atoms with E-state index in [1.54, 1.807) is 12.1 Å². The summed E-state index contributed by atoms with van der Waals surface area (Å²) in [5, 5.41) is 108. The van der Waals surface area contributed by atoms with Gasteiger partial charge in [0, 0.05) is 26.3 Å². The second-order valence-electron chi connectivity index (χ2n) is 18.4. The number of aliphatic hydroxyl groups is 9.